The van der Waals surface area contributed by atoms with Gasteiger partial charge in [-0.1, -0.05) is 18.2 Å². The Balaban J connectivity index is 2.07. The van der Waals surface area contributed by atoms with Crippen LogP contribution in [0, 0.1) is 10.1 Å². The van der Waals surface area contributed by atoms with Gasteiger partial charge >= 0.3 is 0 Å². The average molecular weight is 328 g/mol. The molecule has 94 valence electrons. The molecule has 0 N–H and O–H groups in total. The van der Waals surface area contributed by atoms with E-state index in [1.807, 2.05) is 30.3 Å². The van der Waals surface area contributed by atoms with Gasteiger partial charge in [0.1, 0.15) is 5.76 Å². The normalized spacial score (nSPS) is 12.3. The summed E-state index contributed by atoms with van der Waals surface area (Å²) in [5.74, 6) is 0.604. The number of hydrogen-bond acceptors (Lipinski definition) is 4. The van der Waals surface area contributed by atoms with E-state index in [1.54, 1.807) is 12.1 Å². The number of nitro groups is 1. The third-order valence-corrected chi connectivity index (χ3v) is 3.84. The van der Waals surface area contributed by atoms with Crippen molar-refractivity contribution in [2.24, 2.45) is 0 Å². The molecule has 0 aliphatic heterocycles. The van der Waals surface area contributed by atoms with Crippen LogP contribution in [0.2, 0.25) is 0 Å². The summed E-state index contributed by atoms with van der Waals surface area (Å²) >= 11 is 4.41. The van der Waals surface area contributed by atoms with Crippen LogP contribution in [0.4, 0.5) is 0 Å². The zero-order valence-electron chi connectivity index (χ0n) is 9.28. The van der Waals surface area contributed by atoms with Crippen LogP contribution >= 0.6 is 27.7 Å². The number of benzene rings is 1. The lowest BCUT2D eigenvalue weighted by molar-refractivity contribution is -0.495. The van der Waals surface area contributed by atoms with Crippen molar-refractivity contribution in [1.82, 2.24) is 0 Å². The lowest BCUT2D eigenvalue weighted by atomic mass is 10.3. The first-order chi connectivity index (χ1) is 8.65. The van der Waals surface area contributed by atoms with Gasteiger partial charge < -0.3 is 4.42 Å². The predicted molar refractivity (Wildman–Crippen MR) is 73.2 cm³/mol. The van der Waals surface area contributed by atoms with Crippen LogP contribution in [0.1, 0.15) is 5.76 Å². The largest absolute Gasteiger partial charge is 0.454 e. The molecule has 2 rings (SSSR count). The highest BCUT2D eigenvalue weighted by Gasteiger charge is 2.23. The standard InChI is InChI=1S/C12H10BrNO3S/c13-11-7-6-9(17-11)8-12(14(15)16)18-10-4-2-1-3-5-10/h1-7,12H,8H2. The van der Waals surface area contributed by atoms with Crippen molar-refractivity contribution in [2.45, 2.75) is 16.7 Å². The molecule has 0 aliphatic carbocycles. The molecule has 4 nitrogen and oxygen atoms in total. The van der Waals surface area contributed by atoms with Crippen molar-refractivity contribution < 1.29 is 9.34 Å². The van der Waals surface area contributed by atoms with Crippen molar-refractivity contribution in [3.8, 4) is 0 Å². The highest BCUT2D eigenvalue weighted by Crippen LogP contribution is 2.27. The van der Waals surface area contributed by atoms with E-state index >= 15 is 0 Å². The third-order valence-electron chi connectivity index (χ3n) is 2.26. The maximum Gasteiger partial charge on any atom is 0.269 e. The van der Waals surface area contributed by atoms with Gasteiger partial charge in [-0.05, 0) is 52.0 Å². The summed E-state index contributed by atoms with van der Waals surface area (Å²) in [4.78, 5) is 11.6. The Kier molecular flexibility index (Phi) is 4.43. The second-order valence-corrected chi connectivity index (χ2v) is 5.61. The average Bonchev–Trinajstić information content (AvgIpc) is 2.75. The fourth-order valence-electron chi connectivity index (χ4n) is 1.45. The third kappa shape index (κ3) is 3.61. The molecule has 0 radical (unpaired) electrons. The molecule has 0 aliphatic rings. The van der Waals surface area contributed by atoms with Gasteiger partial charge in [-0.3, -0.25) is 10.1 Å². The van der Waals surface area contributed by atoms with E-state index in [9.17, 15) is 10.1 Å². The van der Waals surface area contributed by atoms with Gasteiger partial charge in [0.25, 0.3) is 5.37 Å². The Bertz CT molecular complexity index is 529. The second-order valence-electron chi connectivity index (χ2n) is 3.58. The number of halogens is 1. The molecule has 6 heteroatoms. The summed E-state index contributed by atoms with van der Waals surface area (Å²) in [5, 5.41) is 10.3. The molecule has 1 atom stereocenters. The topological polar surface area (TPSA) is 56.3 Å². The number of hydrogen-bond donors (Lipinski definition) is 0. The fourth-order valence-corrected chi connectivity index (χ4v) is 2.75. The summed E-state index contributed by atoms with van der Waals surface area (Å²) in [6, 6.07) is 12.8. The molecule has 1 unspecified atom stereocenters. The minimum atomic E-state index is -0.745. The zero-order valence-corrected chi connectivity index (χ0v) is 11.7. The summed E-state index contributed by atoms with van der Waals surface area (Å²) in [6.07, 6.45) is 0.262. The molecule has 0 amide bonds. The molecular formula is C12H10BrNO3S. The van der Waals surface area contributed by atoms with Crippen LogP contribution in [-0.2, 0) is 6.42 Å². The summed E-state index contributed by atoms with van der Waals surface area (Å²) in [7, 11) is 0. The van der Waals surface area contributed by atoms with Gasteiger partial charge in [0.05, 0.1) is 6.42 Å². The molecule has 1 heterocycles. The first kappa shape index (κ1) is 13.2. The van der Waals surface area contributed by atoms with Crippen molar-refractivity contribution in [3.05, 3.63) is 63.0 Å². The highest BCUT2D eigenvalue weighted by atomic mass is 79.9. The van der Waals surface area contributed by atoms with Crippen molar-refractivity contribution >= 4 is 27.7 Å². The Morgan fingerprint density at radius 3 is 2.56 bits per heavy atom. The molecule has 0 saturated carbocycles. The van der Waals surface area contributed by atoms with Crippen LogP contribution < -0.4 is 0 Å². The highest BCUT2D eigenvalue weighted by molar-refractivity contribution is 9.10. The minimum Gasteiger partial charge on any atom is -0.454 e. The first-order valence-corrected chi connectivity index (χ1v) is 6.92. The maximum absolute atomic E-state index is 11.0. The molecule has 2 aromatic rings. The lowest BCUT2D eigenvalue weighted by Crippen LogP contribution is -2.17. The fraction of sp³-hybridized carbons (Fsp3) is 0.167. The maximum atomic E-state index is 11.0. The van der Waals surface area contributed by atoms with E-state index in [0.717, 1.165) is 4.90 Å². The van der Waals surface area contributed by atoms with E-state index < -0.39 is 5.37 Å². The van der Waals surface area contributed by atoms with Crippen LogP contribution in [0.25, 0.3) is 0 Å². The van der Waals surface area contributed by atoms with E-state index in [2.05, 4.69) is 15.9 Å². The molecule has 0 spiro atoms. The van der Waals surface area contributed by atoms with E-state index in [-0.39, 0.29) is 11.3 Å². The van der Waals surface area contributed by atoms with E-state index in [0.29, 0.717) is 10.4 Å². The number of thioether (sulfide) groups is 1. The molecular weight excluding hydrogens is 318 g/mol. The summed E-state index contributed by atoms with van der Waals surface area (Å²) in [6.45, 7) is 0. The lowest BCUT2D eigenvalue weighted by Gasteiger charge is -2.07. The minimum absolute atomic E-state index is 0.262. The molecule has 0 bridgehead atoms. The van der Waals surface area contributed by atoms with Gasteiger partial charge in [-0.15, -0.1) is 0 Å². The van der Waals surface area contributed by atoms with Crippen LogP contribution in [0.15, 0.2) is 56.4 Å². The van der Waals surface area contributed by atoms with Gasteiger partial charge in [0, 0.05) is 9.82 Å². The van der Waals surface area contributed by atoms with Crippen LogP contribution in [0.5, 0.6) is 0 Å². The van der Waals surface area contributed by atoms with Gasteiger partial charge in [-0.25, -0.2) is 0 Å². The zero-order chi connectivity index (χ0) is 13.0. The number of nitrogens with zero attached hydrogens (tertiary/aromatic N) is 1. The van der Waals surface area contributed by atoms with Crippen molar-refractivity contribution in [1.29, 1.82) is 0 Å². The number of rotatable bonds is 5. The molecule has 0 fully saturated rings. The molecule has 1 aromatic heterocycles. The van der Waals surface area contributed by atoms with Crippen LogP contribution in [-0.4, -0.2) is 10.3 Å². The van der Waals surface area contributed by atoms with Gasteiger partial charge in [0.15, 0.2) is 4.67 Å². The summed E-state index contributed by atoms with van der Waals surface area (Å²) in [5.41, 5.74) is 0. The molecule has 0 saturated heterocycles. The molecule has 18 heavy (non-hydrogen) atoms. The van der Waals surface area contributed by atoms with Gasteiger partial charge in [-0.2, -0.15) is 0 Å². The SMILES string of the molecule is O=[N+]([O-])C(Cc1ccc(Br)o1)Sc1ccccc1. The number of furan rings is 1. The van der Waals surface area contributed by atoms with Crippen molar-refractivity contribution in [3.63, 3.8) is 0 Å². The van der Waals surface area contributed by atoms with Crippen LogP contribution in [0.3, 0.4) is 0 Å². The quantitative estimate of drug-likeness (QED) is 0.360. The smallest absolute Gasteiger partial charge is 0.269 e. The Hall–Kier alpha value is -1.27. The summed E-state index contributed by atoms with van der Waals surface area (Å²) < 4.78 is 5.89. The first-order valence-electron chi connectivity index (χ1n) is 5.24. The Morgan fingerprint density at radius 1 is 1.28 bits per heavy atom. The van der Waals surface area contributed by atoms with E-state index in [4.69, 9.17) is 4.42 Å². The monoisotopic (exact) mass is 327 g/mol. The Labute approximate surface area is 117 Å². The molecule has 1 aromatic carbocycles. The van der Waals surface area contributed by atoms with Gasteiger partial charge in [0.2, 0.25) is 0 Å². The van der Waals surface area contributed by atoms with E-state index in [1.165, 1.54) is 11.8 Å². The second kappa shape index (κ2) is 6.06. The predicted octanol–water partition coefficient (Wildman–Crippen LogP) is 3.98. The Morgan fingerprint density at radius 2 is 2.00 bits per heavy atom. The van der Waals surface area contributed by atoms with Crippen molar-refractivity contribution in [2.75, 3.05) is 0 Å².